The van der Waals surface area contributed by atoms with Crippen molar-refractivity contribution in [1.29, 1.82) is 0 Å². The second-order valence-corrected chi connectivity index (χ2v) is 15.7. The van der Waals surface area contributed by atoms with Gasteiger partial charge in [0.25, 0.3) is 0 Å². The summed E-state index contributed by atoms with van der Waals surface area (Å²) in [5.41, 5.74) is 5.56. The minimum absolute atomic E-state index is 0.299. The van der Waals surface area contributed by atoms with Crippen molar-refractivity contribution in [2.75, 3.05) is 7.05 Å². The van der Waals surface area contributed by atoms with Gasteiger partial charge in [0.05, 0.1) is 0 Å². The molecular weight excluding hydrogens is 784 g/mol. The molecule has 237 valence electrons. The van der Waals surface area contributed by atoms with Crippen molar-refractivity contribution in [1.82, 2.24) is 4.90 Å². The van der Waals surface area contributed by atoms with Crippen molar-refractivity contribution in [2.24, 2.45) is 0 Å². The SMILES string of the molecule is CC=C1CCCC1=CC(C#Cc1ccc(/C=C/C)c2c1C(=O)N(C)C2=O)=C([C]#[Os])[P+](c1ccccc1)(c1ccccc1)c1ccccc1. The molecule has 0 unspecified atom stereocenters. The van der Waals surface area contributed by atoms with Crippen molar-refractivity contribution < 1.29 is 27.5 Å². The van der Waals surface area contributed by atoms with Crippen LogP contribution in [-0.4, -0.2) is 23.8 Å². The van der Waals surface area contributed by atoms with Gasteiger partial charge in [-0.2, -0.15) is 0 Å². The molecule has 0 radical (unpaired) electrons. The van der Waals surface area contributed by atoms with Gasteiger partial charge >= 0.3 is 296 Å². The van der Waals surface area contributed by atoms with Crippen LogP contribution in [0.1, 0.15) is 65.0 Å². The molecule has 0 spiro atoms. The van der Waals surface area contributed by atoms with E-state index in [1.807, 2.05) is 31.2 Å². The van der Waals surface area contributed by atoms with Crippen LogP contribution in [0.5, 0.6) is 0 Å². The summed E-state index contributed by atoms with van der Waals surface area (Å²) in [5.74, 6) is 6.40. The Labute approximate surface area is 294 Å². The summed E-state index contributed by atoms with van der Waals surface area (Å²) in [4.78, 5) is 27.9. The van der Waals surface area contributed by atoms with Gasteiger partial charge in [0, 0.05) is 0 Å². The van der Waals surface area contributed by atoms with E-state index in [-0.39, 0.29) is 11.8 Å². The molecular formula is C43H36NO2OsP+. The number of hydrogen-bond acceptors (Lipinski definition) is 2. The van der Waals surface area contributed by atoms with Crippen molar-refractivity contribution in [3.63, 3.8) is 0 Å². The first-order valence-electron chi connectivity index (χ1n) is 16.1. The van der Waals surface area contributed by atoms with Crippen LogP contribution in [0.4, 0.5) is 0 Å². The summed E-state index contributed by atoms with van der Waals surface area (Å²) in [6, 6.07) is 36.0. The van der Waals surface area contributed by atoms with Gasteiger partial charge in [-0.15, -0.1) is 0 Å². The molecule has 2 amide bonds. The van der Waals surface area contributed by atoms with Crippen LogP contribution < -0.4 is 15.9 Å². The third-order valence-corrected chi connectivity index (χ3v) is 14.4. The molecule has 48 heavy (non-hydrogen) atoms. The topological polar surface area (TPSA) is 37.4 Å². The first kappa shape index (κ1) is 33.3. The number of benzene rings is 4. The summed E-state index contributed by atoms with van der Waals surface area (Å²) < 4.78 is 3.73. The Hall–Kier alpha value is -4.61. The normalized spacial score (nSPS) is 16.6. The Balaban J connectivity index is 1.73. The minimum atomic E-state index is -2.52. The Morgan fingerprint density at radius 2 is 1.29 bits per heavy atom. The van der Waals surface area contributed by atoms with Crippen molar-refractivity contribution >= 4 is 41.1 Å². The van der Waals surface area contributed by atoms with Gasteiger partial charge < -0.3 is 0 Å². The fourth-order valence-electron chi connectivity index (χ4n) is 6.76. The molecule has 4 aromatic carbocycles. The van der Waals surface area contributed by atoms with Crippen LogP contribution >= 0.6 is 7.26 Å². The molecule has 0 bridgehead atoms. The number of imide groups is 1. The number of amides is 2. The number of carbonyl (C=O) groups is 2. The van der Waals surface area contributed by atoms with Crippen LogP contribution in [0.15, 0.2) is 143 Å². The molecule has 0 aromatic heterocycles. The second-order valence-electron chi connectivity index (χ2n) is 11.7. The van der Waals surface area contributed by atoms with Gasteiger partial charge in [0.2, 0.25) is 0 Å². The summed E-state index contributed by atoms with van der Waals surface area (Å²) in [6.45, 7) is 4.01. The van der Waals surface area contributed by atoms with Crippen LogP contribution in [0.2, 0.25) is 0 Å². The molecule has 1 fully saturated rings. The molecule has 4 aromatic rings. The summed E-state index contributed by atoms with van der Waals surface area (Å²) in [5, 5.41) is 4.69. The zero-order valence-corrected chi connectivity index (χ0v) is 30.7. The Bertz CT molecular complexity index is 2030. The zero-order valence-electron chi connectivity index (χ0n) is 27.3. The van der Waals surface area contributed by atoms with Gasteiger partial charge in [-0.1, -0.05) is 0 Å². The zero-order chi connectivity index (χ0) is 33.7. The molecule has 0 N–H and O–H groups in total. The Morgan fingerprint density at radius 3 is 1.81 bits per heavy atom. The van der Waals surface area contributed by atoms with E-state index in [4.69, 9.17) is 0 Å². The third-order valence-electron chi connectivity index (χ3n) is 9.03. The average molecular weight is 820 g/mol. The fraction of sp³-hybridized carbons (Fsp3) is 0.140. The molecule has 1 saturated carbocycles. The maximum atomic E-state index is 13.5. The van der Waals surface area contributed by atoms with E-state index in [0.717, 1.165) is 35.7 Å². The molecule has 0 atom stereocenters. The standard InChI is InChI=1S/C43H36NO2P.Os/c1-5-17-33-26-27-34(41-40(33)42(45)44(4)43(41)46)28-29-35(30-36-19-16-18-32(36)6-2)31(3)47(37-20-10-7-11-21-37,38-22-12-8-13-23-38)39-24-14-9-15-25-39;/h5-15,17,20-27,30H,16,18-19H2,1-2,4H3;/q+1;/b17-5+,32-6?,35-31?,36-30?;. The van der Waals surface area contributed by atoms with E-state index in [0.29, 0.717) is 16.7 Å². The van der Waals surface area contributed by atoms with E-state index in [1.165, 1.54) is 39.0 Å². The van der Waals surface area contributed by atoms with Crippen LogP contribution in [0.25, 0.3) is 6.08 Å². The second kappa shape index (κ2) is 14.7. The molecule has 1 heterocycles. The van der Waals surface area contributed by atoms with E-state index in [2.05, 4.69) is 126 Å². The Morgan fingerprint density at radius 1 is 0.750 bits per heavy atom. The van der Waals surface area contributed by atoms with E-state index < -0.39 is 7.26 Å². The Kier molecular flexibility index (Phi) is 10.2. The van der Waals surface area contributed by atoms with Crippen LogP contribution in [0.3, 0.4) is 0 Å². The number of carbonyl (C=O) groups excluding carboxylic acids is 2. The van der Waals surface area contributed by atoms with Crippen molar-refractivity contribution in [2.45, 2.75) is 33.1 Å². The molecule has 5 heteroatoms. The molecule has 6 rings (SSSR count). The molecule has 2 aliphatic rings. The third kappa shape index (κ3) is 5.96. The molecule has 3 nitrogen and oxygen atoms in total. The number of fused-ring (bicyclic) bond motifs is 1. The number of allylic oxidation sites excluding steroid dienone is 7. The van der Waals surface area contributed by atoms with Crippen LogP contribution in [-0.2, 0) is 17.9 Å². The van der Waals surface area contributed by atoms with Gasteiger partial charge in [-0.3, -0.25) is 0 Å². The first-order valence-corrected chi connectivity index (χ1v) is 19.2. The number of rotatable bonds is 6. The monoisotopic (exact) mass is 821 g/mol. The molecule has 1 aliphatic carbocycles. The molecule has 1 aliphatic heterocycles. The fourth-order valence-corrected chi connectivity index (χ4v) is 12.5. The maximum absolute atomic E-state index is 13.5. The predicted octanol–water partition coefficient (Wildman–Crippen LogP) is 8.11. The predicted molar refractivity (Wildman–Crippen MR) is 196 cm³/mol. The quantitative estimate of drug-likeness (QED) is 0.112. The van der Waals surface area contributed by atoms with Gasteiger partial charge in [-0.05, 0) is 0 Å². The summed E-state index contributed by atoms with van der Waals surface area (Å²) in [6.07, 6.45) is 11.3. The first-order chi connectivity index (χ1) is 23.4. The van der Waals surface area contributed by atoms with Gasteiger partial charge in [-0.25, -0.2) is 0 Å². The van der Waals surface area contributed by atoms with E-state index in [9.17, 15) is 9.59 Å². The van der Waals surface area contributed by atoms with Crippen molar-refractivity contribution in [3.8, 4) is 16.2 Å². The van der Waals surface area contributed by atoms with Gasteiger partial charge in [0.1, 0.15) is 0 Å². The number of hydrogen-bond donors (Lipinski definition) is 0. The van der Waals surface area contributed by atoms with E-state index in [1.54, 1.807) is 17.9 Å². The van der Waals surface area contributed by atoms with Crippen LogP contribution in [0, 0.1) is 16.2 Å². The summed E-state index contributed by atoms with van der Waals surface area (Å²) in [7, 11) is -0.984. The summed E-state index contributed by atoms with van der Waals surface area (Å²) >= 11 is 1.73. The van der Waals surface area contributed by atoms with Gasteiger partial charge in [0.15, 0.2) is 0 Å². The van der Waals surface area contributed by atoms with Crippen molar-refractivity contribution in [3.05, 3.63) is 166 Å². The molecule has 0 saturated heterocycles. The van der Waals surface area contributed by atoms with E-state index >= 15 is 0 Å². The number of nitrogens with zero attached hydrogens (tertiary/aromatic N) is 1. The average Bonchev–Trinajstić information content (AvgIpc) is 3.68.